The summed E-state index contributed by atoms with van der Waals surface area (Å²) >= 11 is 1.86. The van der Waals surface area contributed by atoms with Crippen LogP contribution >= 0.6 is 11.3 Å². The predicted molar refractivity (Wildman–Crippen MR) is 484 cm³/mol. The first-order valence-corrected chi connectivity index (χ1v) is 40.4. The van der Waals surface area contributed by atoms with E-state index in [0.29, 0.717) is 0 Å². The Morgan fingerprint density at radius 2 is 0.614 bits per heavy atom. The van der Waals surface area contributed by atoms with Crippen molar-refractivity contribution in [3.8, 4) is 100 Å². The molecule has 22 rings (SSSR count). The molecule has 3 nitrogen and oxygen atoms in total. The smallest absolute Gasteiger partial charge is 0.135 e. The highest BCUT2D eigenvalue weighted by Gasteiger charge is 2.39. The highest BCUT2D eigenvalue weighted by molar-refractivity contribution is 7.25. The number of para-hydroxylation sites is 1. The Labute approximate surface area is 667 Å². The monoisotopic (exact) mass is 1470 g/mol. The van der Waals surface area contributed by atoms with Crippen LogP contribution in [0.1, 0.15) is 49.9 Å². The number of nitrogens with zero attached hydrogens (tertiary/aromatic N) is 2. The largest absolute Gasteiger partial charge is 0.456 e. The Balaban J connectivity index is 0.569. The molecule has 2 aliphatic carbocycles. The third-order valence-electron chi connectivity index (χ3n) is 24.6. The Bertz CT molecular complexity index is 7310. The molecular weight excluding hydrogens is 1400 g/mol. The Hall–Kier alpha value is -13.9. The van der Waals surface area contributed by atoms with E-state index in [1.165, 1.54) is 147 Å². The number of fused-ring (bicyclic) bond motifs is 14. The molecule has 0 saturated heterocycles. The van der Waals surface area contributed by atoms with Crippen LogP contribution in [0.25, 0.3) is 164 Å². The molecule has 538 valence electrons. The number of rotatable bonds is 13. The van der Waals surface area contributed by atoms with E-state index in [9.17, 15) is 0 Å². The maximum absolute atomic E-state index is 6.40. The van der Waals surface area contributed by atoms with Gasteiger partial charge in [0.1, 0.15) is 11.2 Å². The number of anilines is 6. The van der Waals surface area contributed by atoms with E-state index < -0.39 is 0 Å². The zero-order chi connectivity index (χ0) is 75.9. The summed E-state index contributed by atoms with van der Waals surface area (Å²) in [5.74, 6) is 0. The van der Waals surface area contributed by atoms with Crippen molar-refractivity contribution in [2.75, 3.05) is 9.80 Å². The molecule has 2 aliphatic rings. The van der Waals surface area contributed by atoms with E-state index in [4.69, 9.17) is 4.42 Å². The van der Waals surface area contributed by atoms with E-state index in [1.54, 1.807) is 0 Å². The first-order valence-electron chi connectivity index (χ1n) is 39.6. The van der Waals surface area contributed by atoms with Crippen LogP contribution in [0.4, 0.5) is 34.1 Å². The number of furan rings is 1. The third-order valence-corrected chi connectivity index (χ3v) is 25.7. The fourth-order valence-electron chi connectivity index (χ4n) is 19.2. The van der Waals surface area contributed by atoms with Gasteiger partial charge in [-0.05, 0) is 265 Å². The second-order valence-electron chi connectivity index (χ2n) is 31.9. The summed E-state index contributed by atoms with van der Waals surface area (Å²) in [6.07, 6.45) is 0. The summed E-state index contributed by atoms with van der Waals surface area (Å²) in [6.45, 7) is 9.55. The predicted octanol–water partition coefficient (Wildman–Crippen LogP) is 31.5. The summed E-state index contributed by atoms with van der Waals surface area (Å²) in [7, 11) is 0. The molecule has 2 aromatic heterocycles. The van der Waals surface area contributed by atoms with Gasteiger partial charge in [0, 0.05) is 75.9 Å². The van der Waals surface area contributed by atoms with Crippen LogP contribution in [0.15, 0.2) is 393 Å². The van der Waals surface area contributed by atoms with Crippen LogP contribution in [-0.2, 0) is 10.8 Å². The second kappa shape index (κ2) is 26.4. The molecule has 0 N–H and O–H groups in total. The molecule has 0 aliphatic heterocycles. The zero-order valence-electron chi connectivity index (χ0n) is 63.7. The average molecular weight is 1470 g/mol. The Morgan fingerprint density at radius 3 is 1.28 bits per heavy atom. The van der Waals surface area contributed by atoms with Gasteiger partial charge in [-0.2, -0.15) is 0 Å². The second-order valence-corrected chi connectivity index (χ2v) is 32.9. The van der Waals surface area contributed by atoms with Crippen molar-refractivity contribution in [2.24, 2.45) is 0 Å². The highest BCUT2D eigenvalue weighted by atomic mass is 32.1. The lowest BCUT2D eigenvalue weighted by Crippen LogP contribution is -2.16. The van der Waals surface area contributed by atoms with E-state index in [0.717, 1.165) is 72.8 Å². The van der Waals surface area contributed by atoms with Crippen molar-refractivity contribution in [3.63, 3.8) is 0 Å². The molecule has 18 aromatic carbocycles. The molecule has 0 bridgehead atoms. The summed E-state index contributed by atoms with van der Waals surface area (Å²) in [4.78, 5) is 4.83. The molecule has 0 atom stereocenters. The minimum absolute atomic E-state index is 0.134. The molecule has 0 spiro atoms. The van der Waals surface area contributed by atoms with Gasteiger partial charge in [0.2, 0.25) is 0 Å². The lowest BCUT2D eigenvalue weighted by atomic mass is 9.78. The first-order chi connectivity index (χ1) is 56.0. The van der Waals surface area contributed by atoms with Gasteiger partial charge in [-0.25, -0.2) is 0 Å². The molecule has 0 radical (unpaired) electrons. The molecule has 0 saturated carbocycles. The average Bonchev–Trinajstić information content (AvgIpc) is 1.56. The van der Waals surface area contributed by atoms with E-state index in [2.05, 4.69) is 420 Å². The fraction of sp³-hybridized carbons (Fsp3) is 0.0545. The van der Waals surface area contributed by atoms with Crippen molar-refractivity contribution >= 4 is 109 Å². The molecule has 2 heterocycles. The van der Waals surface area contributed by atoms with E-state index in [-0.39, 0.29) is 10.8 Å². The summed E-state index contributed by atoms with van der Waals surface area (Å²) in [6, 6.07) is 144. The topological polar surface area (TPSA) is 19.6 Å². The number of thiophene rings is 1. The quantitative estimate of drug-likeness (QED) is 0.115. The maximum Gasteiger partial charge on any atom is 0.135 e. The van der Waals surface area contributed by atoms with Gasteiger partial charge in [0.25, 0.3) is 0 Å². The normalized spacial score (nSPS) is 13.1. The lowest BCUT2D eigenvalue weighted by Gasteiger charge is -2.27. The third kappa shape index (κ3) is 11.0. The summed E-state index contributed by atoms with van der Waals surface area (Å²) in [5.41, 5.74) is 35.3. The van der Waals surface area contributed by atoms with Crippen LogP contribution in [-0.4, -0.2) is 0 Å². The van der Waals surface area contributed by atoms with Crippen LogP contribution in [0, 0.1) is 0 Å². The number of benzene rings is 18. The Kier molecular flexibility index (Phi) is 15.5. The van der Waals surface area contributed by atoms with Gasteiger partial charge in [-0.3, -0.25) is 0 Å². The lowest BCUT2D eigenvalue weighted by molar-refractivity contribution is 0.662. The SMILES string of the molecule is CC1(C)c2ccccc2-c2cccc(-c3ccc(N(c4cccc(-c5cccc(-c6cccc7cc(-c8ccc9c(c8)-c8cccc(-c%10ccc(N(c%11cccc(-c%12cccc(-c%13cccc%14ccccc%13%14)c%12)c%11)c%11ccc%12sc%13ccccc%13c%12c%11)cc%10)c8C9(C)C)ccc67)c5)c4)c4ccc5oc6ccccc6c5c4)cc3)c21. The summed E-state index contributed by atoms with van der Waals surface area (Å²) < 4.78 is 8.98. The molecule has 0 unspecified atom stereocenters. The fourth-order valence-corrected chi connectivity index (χ4v) is 20.2. The maximum atomic E-state index is 6.40. The van der Waals surface area contributed by atoms with Crippen molar-refractivity contribution in [3.05, 3.63) is 411 Å². The summed E-state index contributed by atoms with van der Waals surface area (Å²) in [5, 5.41) is 9.66. The van der Waals surface area contributed by atoms with Crippen LogP contribution in [0.2, 0.25) is 0 Å². The van der Waals surface area contributed by atoms with Crippen LogP contribution < -0.4 is 9.80 Å². The standard InChI is InChI=1S/C110H76N2OS/c1-109(2)101-42-10-7-33-93(101)96-40-19-38-91(107(96)109)70-45-51-81(52-46-70)111(85-55-59-104-99(67-85)94-34-8-11-43-103(94)113-104)83-30-15-25-74(64-83)73-24-14-28-79(62-73)89-37-18-29-80-63-76(49-57-90(80)89)77-50-58-102-98(66-77)97-41-20-39-92(108(97)110(102,3)4)71-47-53-82(54-48-71)112(86-56-60-106-100(68-86)95-35-9-12-44-105(95)114-106)84-31-16-26-75(65-84)72-23-13-27-78(61-72)88-36-17-22-69-21-5-6-32-87(69)88/h5-68H,1-4H3. The van der Waals surface area contributed by atoms with Gasteiger partial charge >= 0.3 is 0 Å². The van der Waals surface area contributed by atoms with Gasteiger partial charge in [0.05, 0.1) is 0 Å². The van der Waals surface area contributed by atoms with Crippen molar-refractivity contribution in [1.29, 1.82) is 0 Å². The first kappa shape index (κ1) is 67.0. The van der Waals surface area contributed by atoms with Crippen LogP contribution in [0.5, 0.6) is 0 Å². The van der Waals surface area contributed by atoms with Crippen molar-refractivity contribution < 1.29 is 4.42 Å². The van der Waals surface area contributed by atoms with Gasteiger partial charge < -0.3 is 14.2 Å². The van der Waals surface area contributed by atoms with Crippen LogP contribution in [0.3, 0.4) is 0 Å². The Morgan fingerprint density at radius 1 is 0.211 bits per heavy atom. The molecule has 20 aromatic rings. The van der Waals surface area contributed by atoms with E-state index >= 15 is 0 Å². The van der Waals surface area contributed by atoms with E-state index in [1.807, 2.05) is 17.4 Å². The minimum atomic E-state index is -0.254. The highest BCUT2D eigenvalue weighted by Crippen LogP contribution is 2.56. The molecule has 0 amide bonds. The molecule has 4 heteroatoms. The van der Waals surface area contributed by atoms with Gasteiger partial charge in [-0.1, -0.05) is 295 Å². The van der Waals surface area contributed by atoms with Gasteiger partial charge in [-0.15, -0.1) is 11.3 Å². The minimum Gasteiger partial charge on any atom is -0.456 e. The zero-order valence-corrected chi connectivity index (χ0v) is 64.5. The van der Waals surface area contributed by atoms with Crippen molar-refractivity contribution in [2.45, 2.75) is 38.5 Å². The molecule has 0 fully saturated rings. The van der Waals surface area contributed by atoms with Gasteiger partial charge in [0.15, 0.2) is 0 Å². The van der Waals surface area contributed by atoms with Crippen molar-refractivity contribution in [1.82, 2.24) is 0 Å². The number of hydrogen-bond donors (Lipinski definition) is 0. The molecular formula is C110H76N2OS. The number of hydrogen-bond acceptors (Lipinski definition) is 4. The molecule has 114 heavy (non-hydrogen) atoms.